The van der Waals surface area contributed by atoms with E-state index >= 15 is 0 Å². The van der Waals surface area contributed by atoms with E-state index in [2.05, 4.69) is 10.1 Å². The molecule has 2 heterocycles. The molecule has 0 radical (unpaired) electrons. The van der Waals surface area contributed by atoms with Crippen molar-refractivity contribution in [3.8, 4) is 17.1 Å². The van der Waals surface area contributed by atoms with Gasteiger partial charge in [0.05, 0.1) is 4.53 Å². The summed E-state index contributed by atoms with van der Waals surface area (Å²) >= 11 is 1.27. The second kappa shape index (κ2) is 6.77. The molecule has 0 saturated carbocycles. The van der Waals surface area contributed by atoms with Gasteiger partial charge in [-0.05, 0) is 30.7 Å². The molecule has 2 aromatic heterocycles. The highest BCUT2D eigenvalue weighted by molar-refractivity contribution is 7.15. The molecule has 4 rings (SSSR count). The summed E-state index contributed by atoms with van der Waals surface area (Å²) in [6, 6.07) is 14.8. The third kappa shape index (κ3) is 3.50. The molecule has 0 aliphatic heterocycles. The molecular formula is C20H15N3O3S. The molecule has 27 heavy (non-hydrogen) atoms. The maximum Gasteiger partial charge on any atom is 0.308 e. The fraction of sp³-hybridized carbons (Fsp3) is 0.100. The first-order valence-electron chi connectivity index (χ1n) is 8.26. The van der Waals surface area contributed by atoms with Crippen molar-refractivity contribution in [2.45, 2.75) is 13.8 Å². The first-order chi connectivity index (χ1) is 13.0. The van der Waals surface area contributed by atoms with Crippen LogP contribution in [0.4, 0.5) is 0 Å². The van der Waals surface area contributed by atoms with Crippen LogP contribution in [0.15, 0.2) is 53.3 Å². The van der Waals surface area contributed by atoms with Gasteiger partial charge in [0.25, 0.3) is 5.56 Å². The van der Waals surface area contributed by atoms with E-state index in [1.165, 1.54) is 22.8 Å². The number of hydrogen-bond donors (Lipinski definition) is 0. The van der Waals surface area contributed by atoms with Gasteiger partial charge in [-0.2, -0.15) is 9.50 Å². The molecular weight excluding hydrogens is 362 g/mol. The number of rotatable bonds is 3. The van der Waals surface area contributed by atoms with Gasteiger partial charge in [0, 0.05) is 12.5 Å². The van der Waals surface area contributed by atoms with Gasteiger partial charge in [-0.3, -0.25) is 9.59 Å². The summed E-state index contributed by atoms with van der Waals surface area (Å²) in [4.78, 5) is 28.7. The van der Waals surface area contributed by atoms with Crippen LogP contribution in [0.3, 0.4) is 0 Å². The van der Waals surface area contributed by atoms with Crippen LogP contribution in [0.5, 0.6) is 5.75 Å². The Morgan fingerprint density at radius 1 is 1.19 bits per heavy atom. The lowest BCUT2D eigenvalue weighted by Gasteiger charge is -2.01. The average molecular weight is 377 g/mol. The van der Waals surface area contributed by atoms with Crippen LogP contribution in [0, 0.1) is 6.92 Å². The van der Waals surface area contributed by atoms with E-state index in [4.69, 9.17) is 4.74 Å². The lowest BCUT2D eigenvalue weighted by molar-refractivity contribution is -0.131. The number of aromatic nitrogens is 3. The number of esters is 1. The molecule has 0 spiro atoms. The number of ether oxygens (including phenoxy) is 1. The smallest absolute Gasteiger partial charge is 0.308 e. The molecule has 0 atom stereocenters. The number of hydrogen-bond acceptors (Lipinski definition) is 6. The minimum atomic E-state index is -0.390. The minimum Gasteiger partial charge on any atom is -0.427 e. The van der Waals surface area contributed by atoms with Gasteiger partial charge in [0.15, 0.2) is 5.82 Å². The second-order valence-electron chi connectivity index (χ2n) is 6.08. The maximum atomic E-state index is 12.6. The summed E-state index contributed by atoms with van der Waals surface area (Å²) in [5.74, 6) is 0.575. The third-order valence-corrected chi connectivity index (χ3v) is 4.87. The van der Waals surface area contributed by atoms with E-state index in [1.54, 1.807) is 24.3 Å². The van der Waals surface area contributed by atoms with Gasteiger partial charge < -0.3 is 4.74 Å². The predicted octanol–water partition coefficient (Wildman–Crippen LogP) is 2.60. The van der Waals surface area contributed by atoms with E-state index < -0.39 is 0 Å². The molecule has 0 saturated heterocycles. The zero-order chi connectivity index (χ0) is 19.0. The normalized spacial score (nSPS) is 11.9. The number of carbonyl (C=O) groups is 1. The van der Waals surface area contributed by atoms with Gasteiger partial charge in [-0.25, -0.2) is 0 Å². The van der Waals surface area contributed by atoms with E-state index in [9.17, 15) is 9.59 Å². The Hall–Kier alpha value is -3.32. The Morgan fingerprint density at radius 2 is 1.96 bits per heavy atom. The van der Waals surface area contributed by atoms with E-state index in [1.807, 2.05) is 37.3 Å². The summed E-state index contributed by atoms with van der Waals surface area (Å²) in [6.45, 7) is 3.36. The number of nitrogens with zero attached hydrogens (tertiary/aromatic N) is 3. The van der Waals surface area contributed by atoms with Crippen LogP contribution in [0.2, 0.25) is 0 Å². The Bertz CT molecular complexity index is 1260. The summed E-state index contributed by atoms with van der Waals surface area (Å²) < 4.78 is 6.91. The van der Waals surface area contributed by atoms with Crippen molar-refractivity contribution in [2.75, 3.05) is 0 Å². The van der Waals surface area contributed by atoms with Gasteiger partial charge in [-0.1, -0.05) is 53.3 Å². The van der Waals surface area contributed by atoms with E-state index in [0.29, 0.717) is 21.1 Å². The predicted molar refractivity (Wildman–Crippen MR) is 104 cm³/mol. The number of thiazole rings is 1. The number of carbonyl (C=O) groups excluding carboxylic acids is 1. The molecule has 0 N–H and O–H groups in total. The first-order valence-corrected chi connectivity index (χ1v) is 9.08. The van der Waals surface area contributed by atoms with E-state index in [-0.39, 0.29) is 11.5 Å². The Labute approximate surface area is 158 Å². The van der Waals surface area contributed by atoms with Crippen molar-refractivity contribution in [2.24, 2.45) is 0 Å². The Kier molecular flexibility index (Phi) is 4.29. The zero-order valence-electron chi connectivity index (χ0n) is 14.7. The van der Waals surface area contributed by atoms with Crippen LogP contribution in [-0.2, 0) is 4.79 Å². The molecule has 6 nitrogen and oxygen atoms in total. The molecule has 0 unspecified atom stereocenters. The average Bonchev–Trinajstić information content (AvgIpc) is 3.16. The number of fused-ring (bicyclic) bond motifs is 1. The maximum absolute atomic E-state index is 12.6. The summed E-state index contributed by atoms with van der Waals surface area (Å²) in [5, 5.41) is 4.35. The van der Waals surface area contributed by atoms with Crippen LogP contribution in [0.1, 0.15) is 18.1 Å². The van der Waals surface area contributed by atoms with Gasteiger partial charge in [0.2, 0.25) is 4.96 Å². The first kappa shape index (κ1) is 17.1. The SMILES string of the molecule is CC(=O)Oc1cccc(C=c2sc3nc(-c4ccc(C)cc4)nn3c2=O)c1. The monoisotopic (exact) mass is 377 g/mol. The number of aryl methyl sites for hydroxylation is 1. The quantitative estimate of drug-likeness (QED) is 0.405. The lowest BCUT2D eigenvalue weighted by atomic mass is 10.1. The topological polar surface area (TPSA) is 73.6 Å². The molecule has 0 fully saturated rings. The largest absolute Gasteiger partial charge is 0.427 e. The molecule has 2 aromatic carbocycles. The fourth-order valence-electron chi connectivity index (χ4n) is 2.64. The van der Waals surface area contributed by atoms with Crippen LogP contribution >= 0.6 is 11.3 Å². The van der Waals surface area contributed by atoms with Gasteiger partial charge >= 0.3 is 5.97 Å². The second-order valence-corrected chi connectivity index (χ2v) is 7.09. The molecule has 0 bridgehead atoms. The van der Waals surface area contributed by atoms with Crippen molar-refractivity contribution in [3.63, 3.8) is 0 Å². The van der Waals surface area contributed by atoms with Crippen LogP contribution < -0.4 is 14.8 Å². The molecule has 134 valence electrons. The van der Waals surface area contributed by atoms with Crippen LogP contribution in [-0.4, -0.2) is 20.6 Å². The Balaban J connectivity index is 1.73. The van der Waals surface area contributed by atoms with Crippen molar-refractivity contribution in [1.82, 2.24) is 14.6 Å². The zero-order valence-corrected chi connectivity index (χ0v) is 15.5. The summed E-state index contributed by atoms with van der Waals surface area (Å²) in [5.41, 5.74) is 2.56. The number of benzene rings is 2. The van der Waals surface area contributed by atoms with Crippen LogP contribution in [0.25, 0.3) is 22.4 Å². The lowest BCUT2D eigenvalue weighted by Crippen LogP contribution is -2.23. The van der Waals surface area contributed by atoms with Crippen molar-refractivity contribution in [1.29, 1.82) is 0 Å². The van der Waals surface area contributed by atoms with Gasteiger partial charge in [-0.15, -0.1) is 5.10 Å². The highest BCUT2D eigenvalue weighted by atomic mass is 32.1. The molecule has 0 amide bonds. The van der Waals surface area contributed by atoms with Crippen molar-refractivity contribution >= 4 is 28.3 Å². The standard InChI is InChI=1S/C20H15N3O3S/c1-12-6-8-15(9-7-12)18-21-20-23(22-18)19(25)17(27-20)11-14-4-3-5-16(10-14)26-13(2)24/h3-11H,1-2H3. The van der Waals surface area contributed by atoms with Gasteiger partial charge in [0.1, 0.15) is 5.75 Å². The van der Waals surface area contributed by atoms with Crippen molar-refractivity contribution in [3.05, 3.63) is 74.5 Å². The summed E-state index contributed by atoms with van der Waals surface area (Å²) in [6.07, 6.45) is 1.74. The van der Waals surface area contributed by atoms with Crippen molar-refractivity contribution < 1.29 is 9.53 Å². The highest BCUT2D eigenvalue weighted by Crippen LogP contribution is 2.17. The highest BCUT2D eigenvalue weighted by Gasteiger charge is 2.12. The molecule has 7 heteroatoms. The fourth-order valence-corrected chi connectivity index (χ4v) is 3.55. The Morgan fingerprint density at radius 3 is 2.67 bits per heavy atom. The molecule has 0 aliphatic rings. The summed E-state index contributed by atoms with van der Waals surface area (Å²) in [7, 11) is 0. The van der Waals surface area contributed by atoms with E-state index in [0.717, 1.165) is 16.7 Å². The molecule has 4 aromatic rings. The third-order valence-electron chi connectivity index (χ3n) is 3.91. The minimum absolute atomic E-state index is 0.223. The molecule has 0 aliphatic carbocycles.